The molecule has 1 saturated carbocycles. The van der Waals surface area contributed by atoms with Gasteiger partial charge < -0.3 is 15.4 Å². The van der Waals surface area contributed by atoms with E-state index >= 15 is 0 Å². The maximum absolute atomic E-state index is 12.0. The van der Waals surface area contributed by atoms with Crippen LogP contribution in [-0.2, 0) is 11.2 Å². The molecule has 1 heterocycles. The first kappa shape index (κ1) is 16.4. The Bertz CT molecular complexity index is 1020. The molecule has 0 bridgehead atoms. The van der Waals surface area contributed by atoms with Crippen molar-refractivity contribution in [2.75, 3.05) is 0 Å². The van der Waals surface area contributed by atoms with Gasteiger partial charge in [0, 0.05) is 17.5 Å². The van der Waals surface area contributed by atoms with Crippen LogP contribution in [0, 0.1) is 0 Å². The summed E-state index contributed by atoms with van der Waals surface area (Å²) in [6, 6.07) is 15.8. The number of primary amides is 1. The van der Waals surface area contributed by atoms with Gasteiger partial charge in [-0.05, 0) is 60.6 Å². The van der Waals surface area contributed by atoms with E-state index in [9.17, 15) is 9.59 Å². The summed E-state index contributed by atoms with van der Waals surface area (Å²) in [7, 11) is 0. The van der Waals surface area contributed by atoms with Crippen molar-refractivity contribution in [3.05, 3.63) is 65.4 Å². The number of aromatic nitrogens is 1. The Balaban J connectivity index is 1.84. The monoisotopic (exact) mass is 348 g/mol. The second-order valence-electron chi connectivity index (χ2n) is 6.89. The predicted molar refractivity (Wildman–Crippen MR) is 99.7 cm³/mol. The van der Waals surface area contributed by atoms with Crippen LogP contribution in [0.25, 0.3) is 16.6 Å². The lowest BCUT2D eigenvalue weighted by Crippen LogP contribution is -2.16. The van der Waals surface area contributed by atoms with Gasteiger partial charge in [0.2, 0.25) is 0 Å². The summed E-state index contributed by atoms with van der Waals surface area (Å²) in [6.07, 6.45) is 2.94. The maximum atomic E-state index is 12.0. The van der Waals surface area contributed by atoms with E-state index in [0.717, 1.165) is 22.2 Å². The summed E-state index contributed by atoms with van der Waals surface area (Å²) < 4.78 is 1.88. The number of hydrogen-bond acceptors (Lipinski definition) is 2. The first-order chi connectivity index (χ1) is 12.5. The third kappa shape index (κ3) is 3.08. The second-order valence-corrected chi connectivity index (χ2v) is 6.89. The van der Waals surface area contributed by atoms with Gasteiger partial charge in [0.25, 0.3) is 5.91 Å². The molecule has 1 amide bonds. The molecule has 0 spiro atoms. The summed E-state index contributed by atoms with van der Waals surface area (Å²) in [4.78, 5) is 22.9. The van der Waals surface area contributed by atoms with Gasteiger partial charge in [0.05, 0.1) is 5.52 Å². The number of nitrogens with zero attached hydrogens (tertiary/aromatic N) is 1. The number of fused-ring (bicyclic) bond motifs is 1. The molecule has 1 aliphatic carbocycles. The number of carboxylic acid groups (broad SMARTS) is 1. The Kier molecular flexibility index (Phi) is 3.99. The van der Waals surface area contributed by atoms with Gasteiger partial charge in [-0.15, -0.1) is 0 Å². The van der Waals surface area contributed by atoms with E-state index in [1.54, 1.807) is 0 Å². The van der Waals surface area contributed by atoms with Crippen LogP contribution in [0.4, 0.5) is 0 Å². The number of aryl methyl sites for hydroxylation is 1. The van der Waals surface area contributed by atoms with Crippen LogP contribution in [0.15, 0.2) is 48.5 Å². The Morgan fingerprint density at radius 1 is 1.12 bits per heavy atom. The van der Waals surface area contributed by atoms with Crippen LogP contribution in [0.2, 0.25) is 0 Å². The summed E-state index contributed by atoms with van der Waals surface area (Å²) in [5.74, 6) is -0.694. The first-order valence-corrected chi connectivity index (χ1v) is 8.79. The van der Waals surface area contributed by atoms with Crippen molar-refractivity contribution in [1.29, 1.82) is 0 Å². The number of nitrogens with two attached hydrogens (primary N) is 1. The second kappa shape index (κ2) is 6.33. The molecule has 3 aromatic rings. The van der Waals surface area contributed by atoms with Gasteiger partial charge >= 0.3 is 5.97 Å². The number of carbonyl (C=O) groups excluding carboxylic acids is 1. The molecular weight excluding hydrogens is 328 g/mol. The zero-order chi connectivity index (χ0) is 18.3. The molecule has 0 saturated heterocycles. The van der Waals surface area contributed by atoms with Crippen molar-refractivity contribution in [2.24, 2.45) is 5.73 Å². The first-order valence-electron chi connectivity index (χ1n) is 8.79. The van der Waals surface area contributed by atoms with Gasteiger partial charge in [-0.2, -0.15) is 0 Å². The lowest BCUT2D eigenvalue weighted by Gasteiger charge is -2.11. The van der Waals surface area contributed by atoms with E-state index in [-0.39, 0.29) is 6.42 Å². The fourth-order valence-corrected chi connectivity index (χ4v) is 3.45. The van der Waals surface area contributed by atoms with Crippen LogP contribution >= 0.6 is 0 Å². The third-order valence-corrected chi connectivity index (χ3v) is 4.93. The smallest absolute Gasteiger partial charge is 0.303 e. The molecule has 5 nitrogen and oxygen atoms in total. The number of amides is 1. The van der Waals surface area contributed by atoms with Crippen molar-refractivity contribution >= 4 is 22.8 Å². The third-order valence-electron chi connectivity index (χ3n) is 4.93. The Morgan fingerprint density at radius 3 is 2.62 bits per heavy atom. The number of rotatable bonds is 6. The van der Waals surface area contributed by atoms with Gasteiger partial charge in [-0.3, -0.25) is 9.59 Å². The maximum Gasteiger partial charge on any atom is 0.303 e. The van der Waals surface area contributed by atoms with Gasteiger partial charge in [-0.25, -0.2) is 0 Å². The fourth-order valence-electron chi connectivity index (χ4n) is 3.45. The zero-order valence-electron chi connectivity index (χ0n) is 14.3. The largest absolute Gasteiger partial charge is 0.481 e. The van der Waals surface area contributed by atoms with Gasteiger partial charge in [-0.1, -0.05) is 24.3 Å². The summed E-state index contributed by atoms with van der Waals surface area (Å²) in [5, 5.41) is 9.88. The number of benzene rings is 2. The lowest BCUT2D eigenvalue weighted by atomic mass is 10.1. The lowest BCUT2D eigenvalue weighted by molar-refractivity contribution is -0.136. The van der Waals surface area contributed by atoms with Crippen molar-refractivity contribution in [3.63, 3.8) is 0 Å². The van der Waals surface area contributed by atoms with Crippen LogP contribution in [0.3, 0.4) is 0 Å². The van der Waals surface area contributed by atoms with E-state index in [0.29, 0.717) is 18.0 Å². The number of carbonyl (C=O) groups is 2. The standard InChI is InChI=1S/C21H20N2O3/c22-21(26)19-12-16-8-7-15(14-5-6-14)11-18(16)23(19)17-3-1-2-13(10-17)4-9-20(24)25/h1-3,7-8,10-12,14H,4-6,9H2,(H2,22,26)(H,24,25). The molecule has 0 atom stereocenters. The molecular formula is C21H20N2O3. The SMILES string of the molecule is NC(=O)c1cc2ccc(C3CC3)cc2n1-c1cccc(CCC(=O)O)c1. The van der Waals surface area contributed by atoms with E-state index in [1.165, 1.54) is 18.4 Å². The van der Waals surface area contributed by atoms with Crippen LogP contribution in [-0.4, -0.2) is 21.6 Å². The normalized spacial score (nSPS) is 13.8. The molecule has 1 aliphatic rings. The van der Waals surface area contributed by atoms with E-state index in [1.807, 2.05) is 41.0 Å². The molecule has 132 valence electrons. The van der Waals surface area contributed by atoms with Gasteiger partial charge in [0.15, 0.2) is 0 Å². The predicted octanol–water partition coefficient (Wildman–Crippen LogP) is 3.62. The quantitative estimate of drug-likeness (QED) is 0.713. The average molecular weight is 348 g/mol. The summed E-state index contributed by atoms with van der Waals surface area (Å²) in [6.45, 7) is 0. The van der Waals surface area contributed by atoms with Crippen molar-refractivity contribution in [2.45, 2.75) is 31.6 Å². The molecule has 0 radical (unpaired) electrons. The minimum absolute atomic E-state index is 0.0738. The minimum Gasteiger partial charge on any atom is -0.481 e. The highest BCUT2D eigenvalue weighted by Gasteiger charge is 2.24. The Labute approximate surface area is 151 Å². The molecule has 3 N–H and O–H groups in total. The highest BCUT2D eigenvalue weighted by atomic mass is 16.4. The van der Waals surface area contributed by atoms with Crippen LogP contribution in [0.5, 0.6) is 0 Å². The highest BCUT2D eigenvalue weighted by Crippen LogP contribution is 2.41. The van der Waals surface area contributed by atoms with E-state index in [4.69, 9.17) is 10.8 Å². The van der Waals surface area contributed by atoms with Crippen molar-refractivity contribution < 1.29 is 14.7 Å². The van der Waals surface area contributed by atoms with E-state index in [2.05, 4.69) is 12.1 Å². The molecule has 2 aromatic carbocycles. The molecule has 0 aliphatic heterocycles. The summed E-state index contributed by atoms with van der Waals surface area (Å²) >= 11 is 0. The summed E-state index contributed by atoms with van der Waals surface area (Å²) in [5.41, 5.74) is 10.0. The molecule has 1 fully saturated rings. The molecule has 26 heavy (non-hydrogen) atoms. The average Bonchev–Trinajstić information content (AvgIpc) is 3.39. The Hall–Kier alpha value is -3.08. The van der Waals surface area contributed by atoms with Gasteiger partial charge in [0.1, 0.15) is 5.69 Å². The number of carboxylic acids is 1. The number of aliphatic carboxylic acids is 1. The topological polar surface area (TPSA) is 85.3 Å². The Morgan fingerprint density at radius 2 is 1.92 bits per heavy atom. The molecule has 0 unspecified atom stereocenters. The van der Waals surface area contributed by atoms with E-state index < -0.39 is 11.9 Å². The van der Waals surface area contributed by atoms with Crippen LogP contribution in [0.1, 0.15) is 46.8 Å². The minimum atomic E-state index is -0.825. The van der Waals surface area contributed by atoms with Crippen LogP contribution < -0.4 is 5.73 Å². The number of hydrogen-bond donors (Lipinski definition) is 2. The van der Waals surface area contributed by atoms with Crippen molar-refractivity contribution in [3.8, 4) is 5.69 Å². The molecule has 1 aromatic heterocycles. The fraction of sp³-hybridized carbons (Fsp3) is 0.238. The van der Waals surface area contributed by atoms with Crippen molar-refractivity contribution in [1.82, 2.24) is 4.57 Å². The highest BCUT2D eigenvalue weighted by molar-refractivity contribution is 5.99. The molecule has 4 rings (SSSR count). The molecule has 5 heteroatoms. The zero-order valence-corrected chi connectivity index (χ0v) is 14.3.